The highest BCUT2D eigenvalue weighted by molar-refractivity contribution is 5.84. The van der Waals surface area contributed by atoms with Crippen molar-refractivity contribution in [3.05, 3.63) is 35.4 Å². The largest absolute Gasteiger partial charge is 0.480 e. The normalized spacial score (nSPS) is 18.0. The predicted molar refractivity (Wildman–Crippen MR) is 80.0 cm³/mol. The van der Waals surface area contributed by atoms with E-state index < -0.39 is 12.0 Å². The van der Waals surface area contributed by atoms with Crippen molar-refractivity contribution in [3.63, 3.8) is 0 Å². The Bertz CT molecular complexity index is 554. The van der Waals surface area contributed by atoms with Crippen LogP contribution in [-0.4, -0.2) is 33.6 Å². The number of carbonyl (C=O) groups is 2. The molecule has 2 amide bonds. The number of carboxylic acids is 1. The number of aliphatic carboxylic acids is 1. The van der Waals surface area contributed by atoms with Gasteiger partial charge in [0.1, 0.15) is 6.04 Å². The van der Waals surface area contributed by atoms with Crippen LogP contribution >= 0.6 is 0 Å². The van der Waals surface area contributed by atoms with E-state index in [1.54, 1.807) is 0 Å². The van der Waals surface area contributed by atoms with E-state index in [9.17, 15) is 14.7 Å². The lowest BCUT2D eigenvalue weighted by molar-refractivity contribution is -0.142. The van der Waals surface area contributed by atoms with E-state index in [-0.39, 0.29) is 11.6 Å². The number of carboxylic acid groups (broad SMARTS) is 1. The molecule has 21 heavy (non-hydrogen) atoms. The van der Waals surface area contributed by atoms with E-state index in [4.69, 9.17) is 0 Å². The maximum absolute atomic E-state index is 12.4. The molecule has 0 saturated heterocycles. The molecule has 0 bridgehead atoms. The van der Waals surface area contributed by atoms with Gasteiger partial charge < -0.3 is 15.3 Å². The highest BCUT2D eigenvalue weighted by atomic mass is 16.4. The van der Waals surface area contributed by atoms with Crippen molar-refractivity contribution in [3.8, 4) is 0 Å². The molecule has 0 saturated carbocycles. The van der Waals surface area contributed by atoms with Crippen molar-refractivity contribution in [1.82, 2.24) is 10.2 Å². The number of amides is 2. The van der Waals surface area contributed by atoms with Gasteiger partial charge >= 0.3 is 12.0 Å². The summed E-state index contributed by atoms with van der Waals surface area (Å²) >= 11 is 0. The van der Waals surface area contributed by atoms with E-state index in [2.05, 4.69) is 5.32 Å². The number of carbonyl (C=O) groups excluding carboxylic acids is 1. The third kappa shape index (κ3) is 3.35. The molecule has 5 nitrogen and oxygen atoms in total. The van der Waals surface area contributed by atoms with Gasteiger partial charge in [-0.25, -0.2) is 9.59 Å². The average Bonchev–Trinajstić information content (AvgIpc) is 2.45. The number of nitrogens with one attached hydrogen (secondary N) is 1. The third-order valence-corrected chi connectivity index (χ3v) is 4.12. The molecule has 0 unspecified atom stereocenters. The zero-order valence-electron chi connectivity index (χ0n) is 12.7. The smallest absolute Gasteiger partial charge is 0.326 e. The maximum Gasteiger partial charge on any atom is 0.326 e. The Balaban J connectivity index is 2.24. The first-order valence-electron chi connectivity index (χ1n) is 7.22. The number of fused-ring (bicyclic) bond motifs is 1. The van der Waals surface area contributed by atoms with Crippen molar-refractivity contribution in [2.45, 2.75) is 51.7 Å². The maximum atomic E-state index is 12.4. The van der Waals surface area contributed by atoms with Crippen LogP contribution in [0.2, 0.25) is 0 Å². The molecule has 0 radical (unpaired) electrons. The second-order valence-corrected chi connectivity index (χ2v) is 6.12. The predicted octanol–water partition coefficient (Wildman–Crippen LogP) is 2.40. The average molecular weight is 290 g/mol. The Morgan fingerprint density at radius 2 is 1.95 bits per heavy atom. The Kier molecular flexibility index (Phi) is 4.21. The zero-order chi connectivity index (χ0) is 15.6. The lowest BCUT2D eigenvalue weighted by Gasteiger charge is -2.37. The minimum atomic E-state index is -0.964. The third-order valence-electron chi connectivity index (χ3n) is 4.12. The van der Waals surface area contributed by atoms with Crippen molar-refractivity contribution in [1.29, 1.82) is 0 Å². The van der Waals surface area contributed by atoms with Crippen molar-refractivity contribution in [2.75, 3.05) is 0 Å². The van der Waals surface area contributed by atoms with E-state index in [0.29, 0.717) is 13.0 Å². The van der Waals surface area contributed by atoms with Gasteiger partial charge in [0.15, 0.2) is 0 Å². The van der Waals surface area contributed by atoms with Crippen LogP contribution in [-0.2, 0) is 17.8 Å². The summed E-state index contributed by atoms with van der Waals surface area (Å²) in [5.74, 6) is -0.964. The molecular formula is C16H22N2O3. The standard InChI is InChI=1S/C16H22N2O3/c1-4-16(2,3)17-15(21)18-10-12-8-6-5-7-11(12)9-13(18)14(19)20/h5-8,13H,4,9-10H2,1-3H3,(H,17,21)(H,19,20)/t13-/m0/s1. The van der Waals surface area contributed by atoms with Gasteiger partial charge in [-0.3, -0.25) is 0 Å². The topological polar surface area (TPSA) is 69.6 Å². The molecule has 114 valence electrons. The van der Waals surface area contributed by atoms with Gasteiger partial charge in [0, 0.05) is 18.5 Å². The molecule has 1 aromatic rings. The number of nitrogens with zero attached hydrogens (tertiary/aromatic N) is 1. The molecule has 1 aliphatic heterocycles. The molecule has 0 aromatic heterocycles. The van der Waals surface area contributed by atoms with Gasteiger partial charge in [0.2, 0.25) is 0 Å². The second kappa shape index (κ2) is 5.76. The SMILES string of the molecule is CCC(C)(C)NC(=O)N1Cc2ccccc2C[C@H]1C(=O)O. The quantitative estimate of drug-likeness (QED) is 0.898. The first-order chi connectivity index (χ1) is 9.84. The van der Waals surface area contributed by atoms with E-state index >= 15 is 0 Å². The van der Waals surface area contributed by atoms with Crippen molar-refractivity contribution in [2.24, 2.45) is 0 Å². The highest BCUT2D eigenvalue weighted by Crippen LogP contribution is 2.24. The Morgan fingerprint density at radius 1 is 1.33 bits per heavy atom. The summed E-state index contributed by atoms with van der Waals surface area (Å²) in [6, 6.07) is 6.55. The summed E-state index contributed by atoms with van der Waals surface area (Å²) in [4.78, 5) is 25.4. The fourth-order valence-corrected chi connectivity index (χ4v) is 2.41. The number of rotatable bonds is 3. The van der Waals surface area contributed by atoms with Gasteiger partial charge in [-0.05, 0) is 31.4 Å². The number of hydrogen-bond acceptors (Lipinski definition) is 2. The fraction of sp³-hybridized carbons (Fsp3) is 0.500. The monoisotopic (exact) mass is 290 g/mol. The molecule has 0 fully saturated rings. The lowest BCUT2D eigenvalue weighted by atomic mass is 9.94. The van der Waals surface area contributed by atoms with Gasteiger partial charge in [0.25, 0.3) is 0 Å². The molecule has 0 spiro atoms. The summed E-state index contributed by atoms with van der Waals surface area (Å²) in [6.45, 7) is 6.18. The second-order valence-electron chi connectivity index (χ2n) is 6.12. The van der Waals surface area contributed by atoms with Gasteiger partial charge in [-0.2, -0.15) is 0 Å². The van der Waals surface area contributed by atoms with Crippen molar-refractivity contribution >= 4 is 12.0 Å². The first kappa shape index (κ1) is 15.4. The summed E-state index contributed by atoms with van der Waals surface area (Å²) in [6.07, 6.45) is 1.13. The summed E-state index contributed by atoms with van der Waals surface area (Å²) in [5, 5.41) is 12.3. The molecule has 2 rings (SSSR count). The molecular weight excluding hydrogens is 268 g/mol. The van der Waals surface area contributed by atoms with E-state index in [0.717, 1.165) is 17.5 Å². The Morgan fingerprint density at radius 3 is 2.52 bits per heavy atom. The van der Waals surface area contributed by atoms with Crippen LogP contribution in [0.5, 0.6) is 0 Å². The van der Waals surface area contributed by atoms with Gasteiger partial charge in [-0.15, -0.1) is 0 Å². The van der Waals surface area contributed by atoms with Crippen LogP contribution in [0.3, 0.4) is 0 Å². The van der Waals surface area contributed by atoms with Crippen LogP contribution < -0.4 is 5.32 Å². The summed E-state index contributed by atoms with van der Waals surface area (Å²) in [7, 11) is 0. The van der Waals surface area contributed by atoms with Gasteiger partial charge in [0.05, 0.1) is 0 Å². The Labute approximate surface area is 125 Å². The molecule has 5 heteroatoms. The molecule has 1 heterocycles. The van der Waals surface area contributed by atoms with Crippen LogP contribution in [0, 0.1) is 0 Å². The molecule has 1 aromatic carbocycles. The lowest BCUT2D eigenvalue weighted by Crippen LogP contribution is -2.56. The molecule has 1 aliphatic rings. The molecule has 0 aliphatic carbocycles. The summed E-state index contributed by atoms with van der Waals surface area (Å²) in [5.41, 5.74) is 1.67. The van der Waals surface area contributed by atoms with Gasteiger partial charge in [-0.1, -0.05) is 31.2 Å². The molecule has 1 atom stereocenters. The molecule has 2 N–H and O–H groups in total. The minimum Gasteiger partial charge on any atom is -0.480 e. The van der Waals surface area contributed by atoms with Crippen LogP contribution in [0.25, 0.3) is 0 Å². The number of hydrogen-bond donors (Lipinski definition) is 2. The number of urea groups is 1. The fourth-order valence-electron chi connectivity index (χ4n) is 2.41. The van der Waals surface area contributed by atoms with E-state index in [1.165, 1.54) is 4.90 Å². The highest BCUT2D eigenvalue weighted by Gasteiger charge is 2.35. The number of benzene rings is 1. The van der Waals surface area contributed by atoms with Crippen LogP contribution in [0.1, 0.15) is 38.3 Å². The minimum absolute atomic E-state index is 0.316. The first-order valence-corrected chi connectivity index (χ1v) is 7.22. The van der Waals surface area contributed by atoms with Crippen molar-refractivity contribution < 1.29 is 14.7 Å². The summed E-state index contributed by atoms with van der Waals surface area (Å²) < 4.78 is 0. The zero-order valence-corrected chi connectivity index (χ0v) is 12.7. The van der Waals surface area contributed by atoms with Crippen LogP contribution in [0.15, 0.2) is 24.3 Å². The Hall–Kier alpha value is -2.04. The van der Waals surface area contributed by atoms with E-state index in [1.807, 2.05) is 45.0 Å². The van der Waals surface area contributed by atoms with Crippen LogP contribution in [0.4, 0.5) is 4.79 Å².